The molecular formula is C8H10O2. The zero-order chi connectivity index (χ0) is 7.82. The number of aliphatic hydroxyl groups excluding tert-OH is 2. The van der Waals surface area contributed by atoms with E-state index in [0.29, 0.717) is 6.42 Å². The van der Waals surface area contributed by atoms with Crippen LogP contribution in [0.2, 0.25) is 0 Å². The van der Waals surface area contributed by atoms with E-state index in [0.717, 1.165) is 0 Å². The number of aliphatic hydroxyl groups is 2. The lowest BCUT2D eigenvalue weighted by atomic mass is 10.3. The van der Waals surface area contributed by atoms with E-state index in [2.05, 4.69) is 23.7 Å². The van der Waals surface area contributed by atoms with Crippen molar-refractivity contribution >= 4 is 0 Å². The van der Waals surface area contributed by atoms with Crippen molar-refractivity contribution in [2.75, 3.05) is 6.61 Å². The predicted molar refractivity (Wildman–Crippen MR) is 38.9 cm³/mol. The highest BCUT2D eigenvalue weighted by molar-refractivity contribution is 5.27. The quantitative estimate of drug-likeness (QED) is 0.491. The molecule has 0 aliphatic carbocycles. The largest absolute Gasteiger partial charge is 0.384 e. The van der Waals surface area contributed by atoms with Crippen LogP contribution in [0.1, 0.15) is 13.3 Å². The van der Waals surface area contributed by atoms with Crippen LogP contribution >= 0.6 is 0 Å². The van der Waals surface area contributed by atoms with Crippen molar-refractivity contribution in [1.29, 1.82) is 0 Å². The van der Waals surface area contributed by atoms with Crippen molar-refractivity contribution in [3.63, 3.8) is 0 Å². The Morgan fingerprint density at radius 3 is 2.60 bits per heavy atom. The van der Waals surface area contributed by atoms with Crippen molar-refractivity contribution < 1.29 is 10.2 Å². The lowest BCUT2D eigenvalue weighted by molar-refractivity contribution is 0.228. The van der Waals surface area contributed by atoms with Gasteiger partial charge in [-0.15, -0.1) is 0 Å². The maximum atomic E-state index is 8.85. The molecule has 0 aromatic heterocycles. The molecule has 0 saturated carbocycles. The second-order valence-electron chi connectivity index (χ2n) is 1.65. The van der Waals surface area contributed by atoms with E-state index in [4.69, 9.17) is 10.2 Å². The molecule has 2 nitrogen and oxygen atoms in total. The standard InChI is InChI=1S/C8H10O2/c1-2-8(10)6-4-3-5-7-9/h8-10H,2,7H2,1H3. The van der Waals surface area contributed by atoms with Crippen molar-refractivity contribution in [2.45, 2.75) is 19.4 Å². The van der Waals surface area contributed by atoms with Gasteiger partial charge in [-0.2, -0.15) is 0 Å². The van der Waals surface area contributed by atoms with Gasteiger partial charge in [0.25, 0.3) is 0 Å². The SMILES string of the molecule is CCC(O)C#CC#CCO. The Morgan fingerprint density at radius 1 is 1.40 bits per heavy atom. The fourth-order valence-electron chi connectivity index (χ4n) is 0.305. The molecule has 0 rings (SSSR count). The van der Waals surface area contributed by atoms with Crippen LogP contribution in [0.25, 0.3) is 0 Å². The van der Waals surface area contributed by atoms with Gasteiger partial charge in [-0.3, -0.25) is 0 Å². The Hall–Kier alpha value is -0.960. The van der Waals surface area contributed by atoms with Gasteiger partial charge < -0.3 is 10.2 Å². The van der Waals surface area contributed by atoms with Crippen LogP contribution in [0.15, 0.2) is 0 Å². The summed E-state index contributed by atoms with van der Waals surface area (Å²) >= 11 is 0. The van der Waals surface area contributed by atoms with Gasteiger partial charge in [0.1, 0.15) is 12.7 Å². The smallest absolute Gasteiger partial charge is 0.115 e. The maximum Gasteiger partial charge on any atom is 0.115 e. The van der Waals surface area contributed by atoms with Crippen LogP contribution < -0.4 is 0 Å². The molecule has 0 aliphatic rings. The average Bonchev–Trinajstić information content (AvgIpc) is 1.98. The van der Waals surface area contributed by atoms with Gasteiger partial charge in [-0.05, 0) is 18.3 Å². The lowest BCUT2D eigenvalue weighted by Crippen LogP contribution is -1.98. The Labute approximate surface area is 60.9 Å². The van der Waals surface area contributed by atoms with Crippen LogP contribution in [0.3, 0.4) is 0 Å². The predicted octanol–water partition coefficient (Wildman–Crippen LogP) is -0.244. The van der Waals surface area contributed by atoms with Crippen molar-refractivity contribution in [3.8, 4) is 23.7 Å². The van der Waals surface area contributed by atoms with Crippen LogP contribution in [0.5, 0.6) is 0 Å². The van der Waals surface area contributed by atoms with E-state index >= 15 is 0 Å². The third-order valence-electron chi connectivity index (χ3n) is 0.855. The summed E-state index contributed by atoms with van der Waals surface area (Å²) in [6.07, 6.45) is 0.0151. The summed E-state index contributed by atoms with van der Waals surface area (Å²) in [5, 5.41) is 17.0. The summed E-state index contributed by atoms with van der Waals surface area (Å²) in [6, 6.07) is 0. The number of hydrogen-bond acceptors (Lipinski definition) is 2. The number of hydrogen-bond donors (Lipinski definition) is 2. The van der Waals surface area contributed by atoms with Crippen molar-refractivity contribution in [3.05, 3.63) is 0 Å². The second kappa shape index (κ2) is 6.16. The van der Waals surface area contributed by atoms with E-state index in [9.17, 15) is 0 Å². The molecule has 2 N–H and O–H groups in total. The van der Waals surface area contributed by atoms with Gasteiger partial charge in [0.2, 0.25) is 0 Å². The van der Waals surface area contributed by atoms with E-state index < -0.39 is 6.10 Å². The van der Waals surface area contributed by atoms with E-state index in [1.165, 1.54) is 0 Å². The van der Waals surface area contributed by atoms with Crippen molar-refractivity contribution in [2.24, 2.45) is 0 Å². The first-order valence-electron chi connectivity index (χ1n) is 3.08. The average molecular weight is 138 g/mol. The summed E-state index contributed by atoms with van der Waals surface area (Å²) in [6.45, 7) is 1.65. The monoisotopic (exact) mass is 138 g/mol. The molecule has 0 heterocycles. The number of rotatable bonds is 1. The summed E-state index contributed by atoms with van der Waals surface area (Å²) in [7, 11) is 0. The molecule has 0 saturated heterocycles. The van der Waals surface area contributed by atoms with Gasteiger partial charge in [0.15, 0.2) is 0 Å². The highest BCUT2D eigenvalue weighted by atomic mass is 16.3. The normalized spacial score (nSPS) is 10.3. The molecular weight excluding hydrogens is 128 g/mol. The van der Waals surface area contributed by atoms with Gasteiger partial charge in [-0.25, -0.2) is 0 Å². The molecule has 0 spiro atoms. The highest BCUT2D eigenvalue weighted by Crippen LogP contribution is 1.83. The molecule has 0 amide bonds. The molecule has 2 heteroatoms. The minimum Gasteiger partial charge on any atom is -0.384 e. The Kier molecular flexibility index (Phi) is 5.57. The molecule has 0 bridgehead atoms. The van der Waals surface area contributed by atoms with Crippen LogP contribution in [-0.2, 0) is 0 Å². The van der Waals surface area contributed by atoms with E-state index in [-0.39, 0.29) is 6.61 Å². The topological polar surface area (TPSA) is 40.5 Å². The molecule has 1 atom stereocenters. The van der Waals surface area contributed by atoms with Gasteiger partial charge >= 0.3 is 0 Å². The molecule has 0 aliphatic heterocycles. The molecule has 10 heavy (non-hydrogen) atoms. The van der Waals surface area contributed by atoms with Crippen LogP contribution in [0, 0.1) is 23.7 Å². The first kappa shape index (κ1) is 9.04. The van der Waals surface area contributed by atoms with Crippen LogP contribution in [0.4, 0.5) is 0 Å². The first-order valence-corrected chi connectivity index (χ1v) is 3.08. The Balaban J connectivity index is 3.68. The molecule has 0 aromatic rings. The summed E-state index contributed by atoms with van der Waals surface area (Å²) < 4.78 is 0. The zero-order valence-electron chi connectivity index (χ0n) is 5.89. The third-order valence-corrected chi connectivity index (χ3v) is 0.855. The highest BCUT2D eigenvalue weighted by Gasteiger charge is 1.88. The van der Waals surface area contributed by atoms with Gasteiger partial charge in [0.05, 0.1) is 0 Å². The summed E-state index contributed by atoms with van der Waals surface area (Å²) in [5.41, 5.74) is 0. The molecule has 54 valence electrons. The molecule has 0 fully saturated rings. The Morgan fingerprint density at radius 2 is 2.10 bits per heavy atom. The Bertz CT molecular complexity index is 187. The fourth-order valence-corrected chi connectivity index (χ4v) is 0.305. The van der Waals surface area contributed by atoms with E-state index in [1.54, 1.807) is 0 Å². The fraction of sp³-hybridized carbons (Fsp3) is 0.500. The summed E-state index contributed by atoms with van der Waals surface area (Å²) in [5.74, 6) is 9.63. The maximum absolute atomic E-state index is 8.85. The third kappa shape index (κ3) is 5.18. The second-order valence-corrected chi connectivity index (χ2v) is 1.65. The first-order chi connectivity index (χ1) is 4.81. The lowest BCUT2D eigenvalue weighted by Gasteiger charge is -1.91. The minimum atomic E-state index is -0.590. The summed E-state index contributed by atoms with van der Waals surface area (Å²) in [4.78, 5) is 0. The molecule has 0 aromatic carbocycles. The molecule has 1 unspecified atom stereocenters. The van der Waals surface area contributed by atoms with Gasteiger partial charge in [-0.1, -0.05) is 18.8 Å². The van der Waals surface area contributed by atoms with Crippen LogP contribution in [-0.4, -0.2) is 22.9 Å². The molecule has 0 radical (unpaired) electrons. The zero-order valence-corrected chi connectivity index (χ0v) is 5.89. The minimum absolute atomic E-state index is 0.184. The van der Waals surface area contributed by atoms with E-state index in [1.807, 2.05) is 6.92 Å². The van der Waals surface area contributed by atoms with Crippen molar-refractivity contribution in [1.82, 2.24) is 0 Å². The van der Waals surface area contributed by atoms with Gasteiger partial charge in [0, 0.05) is 0 Å².